The van der Waals surface area contributed by atoms with Crippen molar-refractivity contribution in [2.45, 2.75) is 13.8 Å². The van der Waals surface area contributed by atoms with Gasteiger partial charge >= 0.3 is 0 Å². The Kier molecular flexibility index (Phi) is 5.95. The Balaban J connectivity index is 1.23. The molecule has 172 valence electrons. The zero-order valence-corrected chi connectivity index (χ0v) is 19.3. The van der Waals surface area contributed by atoms with Crippen LogP contribution in [0.1, 0.15) is 21.7 Å². The number of nitrogens with zero attached hydrogens (tertiary/aromatic N) is 6. The maximum atomic E-state index is 13.0. The molecule has 5 rings (SSSR count). The van der Waals surface area contributed by atoms with Crippen molar-refractivity contribution in [1.82, 2.24) is 24.4 Å². The van der Waals surface area contributed by atoms with Crippen LogP contribution in [0.2, 0.25) is 0 Å². The van der Waals surface area contributed by atoms with Gasteiger partial charge in [0.2, 0.25) is 0 Å². The Morgan fingerprint density at radius 2 is 1.62 bits per heavy atom. The van der Waals surface area contributed by atoms with E-state index in [1.807, 2.05) is 90.3 Å². The number of rotatable bonds is 5. The molecule has 1 amide bonds. The van der Waals surface area contributed by atoms with Gasteiger partial charge in [0.15, 0.2) is 0 Å². The summed E-state index contributed by atoms with van der Waals surface area (Å²) >= 11 is 0. The van der Waals surface area contributed by atoms with Crippen molar-refractivity contribution in [3.8, 4) is 5.69 Å². The lowest BCUT2D eigenvalue weighted by molar-refractivity contribution is 0.0746. The quantitative estimate of drug-likeness (QED) is 0.492. The van der Waals surface area contributed by atoms with Crippen LogP contribution in [0, 0.1) is 13.8 Å². The van der Waals surface area contributed by atoms with E-state index in [0.29, 0.717) is 43.4 Å². The minimum Gasteiger partial charge on any atom is -0.353 e. The summed E-state index contributed by atoms with van der Waals surface area (Å²) in [7, 11) is 0. The molecule has 8 heteroatoms. The van der Waals surface area contributed by atoms with E-state index in [4.69, 9.17) is 0 Å². The van der Waals surface area contributed by atoms with E-state index < -0.39 is 0 Å². The number of nitrogens with one attached hydrogen (secondary N) is 1. The Labute approximate surface area is 198 Å². The third-order valence-corrected chi connectivity index (χ3v) is 5.90. The van der Waals surface area contributed by atoms with Gasteiger partial charge in [-0.05, 0) is 67.9 Å². The van der Waals surface area contributed by atoms with Crippen molar-refractivity contribution in [3.63, 3.8) is 0 Å². The van der Waals surface area contributed by atoms with Crippen LogP contribution in [0.3, 0.4) is 0 Å². The van der Waals surface area contributed by atoms with E-state index >= 15 is 0 Å². The first-order valence-corrected chi connectivity index (χ1v) is 11.4. The Hall–Kier alpha value is -4.20. The van der Waals surface area contributed by atoms with Crippen LogP contribution in [0.15, 0.2) is 73.2 Å². The summed E-state index contributed by atoms with van der Waals surface area (Å²) < 4.78 is 2.02. The molecular formula is C26H27N7O. The molecule has 4 heterocycles. The van der Waals surface area contributed by atoms with Crippen LogP contribution in [0.5, 0.6) is 0 Å². The van der Waals surface area contributed by atoms with Gasteiger partial charge in [0.25, 0.3) is 5.91 Å². The number of hydrogen-bond acceptors (Lipinski definition) is 6. The fourth-order valence-corrected chi connectivity index (χ4v) is 4.12. The van der Waals surface area contributed by atoms with Gasteiger partial charge in [-0.3, -0.25) is 4.79 Å². The third kappa shape index (κ3) is 4.76. The summed E-state index contributed by atoms with van der Waals surface area (Å²) in [5.41, 5.74) is 2.87. The van der Waals surface area contributed by atoms with Crippen LogP contribution in [-0.4, -0.2) is 56.5 Å². The van der Waals surface area contributed by atoms with Crippen LogP contribution in [-0.2, 0) is 0 Å². The van der Waals surface area contributed by atoms with Gasteiger partial charge in [0, 0.05) is 62.1 Å². The molecule has 1 saturated heterocycles. The number of carbonyl (C=O) groups is 1. The van der Waals surface area contributed by atoms with Gasteiger partial charge in [0.1, 0.15) is 23.3 Å². The zero-order chi connectivity index (χ0) is 23.5. The molecule has 0 bridgehead atoms. The average Bonchev–Trinajstić information content (AvgIpc) is 3.39. The van der Waals surface area contributed by atoms with E-state index in [1.165, 1.54) is 0 Å². The lowest BCUT2D eigenvalue weighted by atomic mass is 10.1. The van der Waals surface area contributed by atoms with Crippen LogP contribution < -0.4 is 10.2 Å². The molecule has 0 spiro atoms. The van der Waals surface area contributed by atoms with Crippen molar-refractivity contribution in [2.24, 2.45) is 0 Å². The first-order valence-electron chi connectivity index (χ1n) is 11.4. The maximum absolute atomic E-state index is 13.0. The van der Waals surface area contributed by atoms with Crippen molar-refractivity contribution < 1.29 is 4.79 Å². The average molecular weight is 454 g/mol. The number of anilines is 3. The lowest BCUT2D eigenvalue weighted by Gasteiger charge is -2.35. The van der Waals surface area contributed by atoms with Crippen molar-refractivity contribution >= 4 is 23.4 Å². The maximum Gasteiger partial charge on any atom is 0.253 e. The fourth-order valence-electron chi connectivity index (χ4n) is 4.12. The van der Waals surface area contributed by atoms with Crippen LogP contribution >= 0.6 is 0 Å². The highest BCUT2D eigenvalue weighted by molar-refractivity contribution is 5.94. The van der Waals surface area contributed by atoms with E-state index in [9.17, 15) is 4.79 Å². The Morgan fingerprint density at radius 1 is 0.882 bits per heavy atom. The molecule has 0 saturated carbocycles. The second-order valence-electron chi connectivity index (χ2n) is 8.42. The molecule has 4 aromatic rings. The van der Waals surface area contributed by atoms with Crippen molar-refractivity contribution in [3.05, 3.63) is 90.1 Å². The summed E-state index contributed by atoms with van der Waals surface area (Å²) in [4.78, 5) is 30.6. The highest BCUT2D eigenvalue weighted by Crippen LogP contribution is 2.21. The molecule has 1 aliphatic heterocycles. The molecule has 1 aromatic carbocycles. The smallest absolute Gasteiger partial charge is 0.253 e. The predicted molar refractivity (Wildman–Crippen MR) is 133 cm³/mol. The molecule has 0 radical (unpaired) electrons. The SMILES string of the molecule is Cc1ccnc(Nc2cc(N3CCN(C(=O)c4ccc(-n5cccc5)cc4)CC3)nc(C)n2)c1. The third-order valence-electron chi connectivity index (χ3n) is 5.90. The Morgan fingerprint density at radius 3 is 2.32 bits per heavy atom. The van der Waals surface area contributed by atoms with Crippen molar-refractivity contribution in [2.75, 3.05) is 36.4 Å². The van der Waals surface area contributed by atoms with Crippen LogP contribution in [0.25, 0.3) is 5.69 Å². The topological polar surface area (TPSA) is 79.2 Å². The van der Waals surface area contributed by atoms with Gasteiger partial charge in [0.05, 0.1) is 0 Å². The lowest BCUT2D eigenvalue weighted by Crippen LogP contribution is -2.49. The highest BCUT2D eigenvalue weighted by atomic mass is 16.2. The number of piperazine rings is 1. The normalized spacial score (nSPS) is 13.7. The molecule has 1 N–H and O–H groups in total. The number of aromatic nitrogens is 4. The number of pyridine rings is 1. The Bertz CT molecular complexity index is 1280. The molecule has 8 nitrogen and oxygen atoms in total. The molecule has 0 unspecified atom stereocenters. The number of benzene rings is 1. The molecule has 0 aliphatic carbocycles. The number of hydrogen-bond donors (Lipinski definition) is 1. The summed E-state index contributed by atoms with van der Waals surface area (Å²) in [5, 5.41) is 3.27. The molecular weight excluding hydrogens is 426 g/mol. The number of carbonyl (C=O) groups excluding carboxylic acids is 1. The fraction of sp³-hybridized carbons (Fsp3) is 0.231. The minimum atomic E-state index is 0.0606. The molecule has 34 heavy (non-hydrogen) atoms. The first kappa shape index (κ1) is 21.6. The monoisotopic (exact) mass is 453 g/mol. The number of amides is 1. The molecule has 3 aromatic heterocycles. The van der Waals surface area contributed by atoms with Crippen LogP contribution in [0.4, 0.5) is 17.5 Å². The van der Waals surface area contributed by atoms with E-state index in [-0.39, 0.29) is 5.91 Å². The second kappa shape index (κ2) is 9.35. The van der Waals surface area contributed by atoms with Gasteiger partial charge in [-0.25, -0.2) is 15.0 Å². The van der Waals surface area contributed by atoms with E-state index in [2.05, 4.69) is 25.2 Å². The summed E-state index contributed by atoms with van der Waals surface area (Å²) in [5.74, 6) is 3.06. The van der Waals surface area contributed by atoms with Gasteiger partial charge in [-0.1, -0.05) is 0 Å². The molecule has 0 atom stereocenters. The van der Waals surface area contributed by atoms with Crippen molar-refractivity contribution in [1.29, 1.82) is 0 Å². The zero-order valence-electron chi connectivity index (χ0n) is 19.3. The van der Waals surface area contributed by atoms with Gasteiger partial charge < -0.3 is 19.7 Å². The minimum absolute atomic E-state index is 0.0606. The molecule has 1 fully saturated rings. The van der Waals surface area contributed by atoms with E-state index in [0.717, 1.165) is 22.9 Å². The predicted octanol–water partition coefficient (Wildman–Crippen LogP) is 3.99. The molecule has 1 aliphatic rings. The number of aryl methyl sites for hydroxylation is 2. The largest absolute Gasteiger partial charge is 0.353 e. The summed E-state index contributed by atoms with van der Waals surface area (Å²) in [6.45, 7) is 6.63. The highest BCUT2D eigenvalue weighted by Gasteiger charge is 2.23. The summed E-state index contributed by atoms with van der Waals surface area (Å²) in [6.07, 6.45) is 5.75. The second-order valence-corrected chi connectivity index (χ2v) is 8.42. The van der Waals surface area contributed by atoms with Gasteiger partial charge in [-0.2, -0.15) is 0 Å². The summed E-state index contributed by atoms with van der Waals surface area (Å²) in [6, 6.07) is 17.6. The standard InChI is InChI=1S/C26H27N7O/c1-19-9-10-27-23(17-19)30-24-18-25(29-20(2)28-24)32-13-15-33(16-14-32)26(34)21-5-7-22(8-6-21)31-11-3-4-12-31/h3-12,17-18H,13-16H2,1-2H3,(H,27,28,29,30). The van der Waals surface area contributed by atoms with E-state index in [1.54, 1.807) is 6.20 Å². The van der Waals surface area contributed by atoms with Gasteiger partial charge in [-0.15, -0.1) is 0 Å². The first-order chi connectivity index (χ1) is 16.5.